The number of hydrogen-bond acceptors (Lipinski definition) is 6. The zero-order valence-electron chi connectivity index (χ0n) is 15.9. The molecule has 3 rings (SSSR count). The van der Waals surface area contributed by atoms with Crippen molar-refractivity contribution in [2.24, 2.45) is 5.92 Å². The molecule has 2 aromatic rings. The number of nitrogens with zero attached hydrogens (tertiary/aromatic N) is 1. The highest BCUT2D eigenvalue weighted by Crippen LogP contribution is 2.28. The van der Waals surface area contributed by atoms with Crippen LogP contribution in [0.3, 0.4) is 0 Å². The Morgan fingerprint density at radius 3 is 2.57 bits per heavy atom. The number of nitriles is 1. The van der Waals surface area contributed by atoms with Gasteiger partial charge in [0.2, 0.25) is 0 Å². The highest BCUT2D eigenvalue weighted by Gasteiger charge is 2.27. The summed E-state index contributed by atoms with van der Waals surface area (Å²) in [5.74, 6) is -3.48. The minimum atomic E-state index is -3.72. The number of anilines is 1. The number of methoxy groups -OCH3 is 1. The number of benzene rings is 2. The average molecular weight is 436 g/mol. The van der Waals surface area contributed by atoms with E-state index in [0.29, 0.717) is 19.6 Å². The number of sulfone groups is 1. The maximum atomic E-state index is 14.1. The van der Waals surface area contributed by atoms with Crippen molar-refractivity contribution in [2.75, 3.05) is 31.4 Å². The van der Waals surface area contributed by atoms with E-state index in [1.54, 1.807) is 6.07 Å². The van der Waals surface area contributed by atoms with Crippen molar-refractivity contribution < 1.29 is 31.5 Å². The summed E-state index contributed by atoms with van der Waals surface area (Å²) in [6.07, 6.45) is 0.625. The van der Waals surface area contributed by atoms with Gasteiger partial charge < -0.3 is 14.8 Å². The van der Waals surface area contributed by atoms with Crippen LogP contribution in [-0.2, 0) is 14.6 Å². The molecule has 1 aliphatic heterocycles. The van der Waals surface area contributed by atoms with Crippen molar-refractivity contribution in [3.63, 3.8) is 0 Å². The predicted molar refractivity (Wildman–Crippen MR) is 103 cm³/mol. The van der Waals surface area contributed by atoms with Gasteiger partial charge in [0.1, 0.15) is 11.4 Å². The maximum Gasteiger partial charge on any atom is 0.259 e. The summed E-state index contributed by atoms with van der Waals surface area (Å²) in [6, 6.07) is 6.88. The molecule has 0 aromatic heterocycles. The van der Waals surface area contributed by atoms with E-state index in [1.807, 2.05) is 0 Å². The lowest BCUT2D eigenvalue weighted by molar-refractivity contribution is 0.102. The molecule has 1 amide bonds. The largest absolute Gasteiger partial charge is 0.496 e. The fraction of sp³-hybridized carbons (Fsp3) is 0.300. The van der Waals surface area contributed by atoms with E-state index >= 15 is 0 Å². The SMILES string of the molecule is COc1ccc(S(=O)(=O)C[C@H]2CCOC2)cc1C(=O)Nc1c(F)cc(C#N)cc1F. The van der Waals surface area contributed by atoms with Crippen LogP contribution < -0.4 is 10.1 Å². The van der Waals surface area contributed by atoms with Crippen molar-refractivity contribution >= 4 is 21.4 Å². The molecule has 7 nitrogen and oxygen atoms in total. The fourth-order valence-electron chi connectivity index (χ4n) is 3.12. The number of nitrogens with one attached hydrogen (secondary N) is 1. The van der Waals surface area contributed by atoms with Crippen molar-refractivity contribution in [2.45, 2.75) is 11.3 Å². The molecule has 0 unspecified atom stereocenters. The zero-order chi connectivity index (χ0) is 21.9. The van der Waals surface area contributed by atoms with E-state index in [2.05, 4.69) is 5.32 Å². The van der Waals surface area contributed by atoms with E-state index in [-0.39, 0.29) is 33.4 Å². The van der Waals surface area contributed by atoms with Crippen LogP contribution in [-0.4, -0.2) is 40.4 Å². The Bertz CT molecular complexity index is 1100. The second kappa shape index (κ2) is 8.77. The van der Waals surface area contributed by atoms with E-state index in [1.165, 1.54) is 19.2 Å². The summed E-state index contributed by atoms with van der Waals surface area (Å²) < 4.78 is 64.0. The molecule has 1 saturated heterocycles. The molecule has 1 atom stereocenters. The molecular formula is C20H18F2N2O5S. The third-order valence-corrected chi connectivity index (χ3v) is 6.55. The van der Waals surface area contributed by atoms with E-state index in [9.17, 15) is 22.0 Å². The second-order valence-corrected chi connectivity index (χ2v) is 8.79. The highest BCUT2D eigenvalue weighted by molar-refractivity contribution is 7.91. The summed E-state index contributed by atoms with van der Waals surface area (Å²) in [6.45, 7) is 0.845. The minimum Gasteiger partial charge on any atom is -0.496 e. The van der Waals surface area contributed by atoms with Crippen LogP contribution in [0.25, 0.3) is 0 Å². The van der Waals surface area contributed by atoms with E-state index < -0.39 is 33.1 Å². The summed E-state index contributed by atoms with van der Waals surface area (Å²) >= 11 is 0. The van der Waals surface area contributed by atoms with Crippen LogP contribution in [0.15, 0.2) is 35.2 Å². The maximum absolute atomic E-state index is 14.1. The van der Waals surface area contributed by atoms with Gasteiger partial charge in [0.05, 0.1) is 41.6 Å². The number of ether oxygens (including phenoxy) is 2. The Morgan fingerprint density at radius 2 is 2.00 bits per heavy atom. The van der Waals surface area contributed by atoms with Gasteiger partial charge in [-0.25, -0.2) is 17.2 Å². The molecule has 0 radical (unpaired) electrons. The lowest BCUT2D eigenvalue weighted by Crippen LogP contribution is -2.19. The first kappa shape index (κ1) is 21.7. The molecular weight excluding hydrogens is 418 g/mol. The topological polar surface area (TPSA) is 105 Å². The van der Waals surface area contributed by atoms with Gasteiger partial charge in [-0.15, -0.1) is 0 Å². The van der Waals surface area contributed by atoms with Gasteiger partial charge in [-0.3, -0.25) is 4.79 Å². The fourth-order valence-corrected chi connectivity index (χ4v) is 4.77. The molecule has 0 saturated carbocycles. The monoisotopic (exact) mass is 436 g/mol. The van der Waals surface area contributed by atoms with Gasteiger partial charge in [-0.05, 0) is 42.7 Å². The Hall–Kier alpha value is -3.03. The van der Waals surface area contributed by atoms with Crippen molar-refractivity contribution in [1.82, 2.24) is 0 Å². The molecule has 10 heteroatoms. The quantitative estimate of drug-likeness (QED) is 0.747. The first-order valence-electron chi connectivity index (χ1n) is 8.94. The summed E-state index contributed by atoms with van der Waals surface area (Å²) in [4.78, 5) is 12.6. The van der Waals surface area contributed by atoms with Crippen LogP contribution in [0.2, 0.25) is 0 Å². The van der Waals surface area contributed by atoms with E-state index in [0.717, 1.165) is 18.2 Å². The van der Waals surface area contributed by atoms with Crippen LogP contribution in [0.1, 0.15) is 22.3 Å². The number of rotatable bonds is 6. The van der Waals surface area contributed by atoms with Crippen molar-refractivity contribution in [3.05, 3.63) is 53.1 Å². The van der Waals surface area contributed by atoms with Gasteiger partial charge in [0.15, 0.2) is 21.5 Å². The third-order valence-electron chi connectivity index (χ3n) is 4.66. The summed E-state index contributed by atoms with van der Waals surface area (Å²) in [5, 5.41) is 10.8. The molecule has 1 fully saturated rings. The predicted octanol–water partition coefficient (Wildman–Crippen LogP) is 2.91. The molecule has 0 aliphatic carbocycles. The minimum absolute atomic E-state index is 0.0325. The molecule has 158 valence electrons. The summed E-state index contributed by atoms with van der Waals surface area (Å²) in [5.41, 5.74) is -1.20. The number of halogens is 2. The molecule has 0 spiro atoms. The smallest absolute Gasteiger partial charge is 0.259 e. The number of amides is 1. The van der Waals surface area contributed by atoms with Gasteiger partial charge in [-0.2, -0.15) is 5.26 Å². The Morgan fingerprint density at radius 1 is 1.30 bits per heavy atom. The Labute approximate surface area is 172 Å². The second-order valence-electron chi connectivity index (χ2n) is 6.75. The van der Waals surface area contributed by atoms with E-state index in [4.69, 9.17) is 14.7 Å². The van der Waals surface area contributed by atoms with Gasteiger partial charge in [-0.1, -0.05) is 0 Å². The molecule has 2 aromatic carbocycles. The molecule has 1 N–H and O–H groups in total. The standard InChI is InChI=1S/C20H18F2N2O5S/c1-28-18-3-2-14(30(26,27)11-12-4-5-29-10-12)8-15(18)20(25)24-19-16(21)6-13(9-23)7-17(19)22/h2-3,6-8,12H,4-5,10-11H2,1H3,(H,24,25)/t12-/m0/s1. The average Bonchev–Trinajstić information content (AvgIpc) is 3.22. The van der Waals surface area contributed by atoms with Crippen molar-refractivity contribution in [1.29, 1.82) is 5.26 Å². The molecule has 30 heavy (non-hydrogen) atoms. The molecule has 0 bridgehead atoms. The Balaban J connectivity index is 1.92. The highest BCUT2D eigenvalue weighted by atomic mass is 32.2. The van der Waals surface area contributed by atoms with Crippen LogP contribution in [0.4, 0.5) is 14.5 Å². The van der Waals surface area contributed by atoms with Crippen molar-refractivity contribution in [3.8, 4) is 11.8 Å². The van der Waals surface area contributed by atoms with Crippen LogP contribution >= 0.6 is 0 Å². The summed E-state index contributed by atoms with van der Waals surface area (Å²) in [7, 11) is -2.45. The number of carbonyl (C=O) groups is 1. The first-order chi connectivity index (χ1) is 14.2. The van der Waals surface area contributed by atoms with Gasteiger partial charge in [0, 0.05) is 6.61 Å². The number of hydrogen-bond donors (Lipinski definition) is 1. The lowest BCUT2D eigenvalue weighted by atomic mass is 10.1. The third kappa shape index (κ3) is 4.58. The van der Waals surface area contributed by atoms with Crippen LogP contribution in [0, 0.1) is 28.9 Å². The number of carbonyl (C=O) groups excluding carboxylic acids is 1. The van der Waals surface area contributed by atoms with Crippen LogP contribution in [0.5, 0.6) is 5.75 Å². The normalized spacial score (nSPS) is 16.1. The molecule has 1 aliphatic rings. The first-order valence-corrected chi connectivity index (χ1v) is 10.6. The molecule has 1 heterocycles. The Kier molecular flexibility index (Phi) is 6.34. The van der Waals surface area contributed by atoms with Gasteiger partial charge in [0.25, 0.3) is 5.91 Å². The zero-order valence-corrected chi connectivity index (χ0v) is 16.8. The lowest BCUT2D eigenvalue weighted by Gasteiger charge is -2.14. The van der Waals surface area contributed by atoms with Gasteiger partial charge >= 0.3 is 0 Å².